The van der Waals surface area contributed by atoms with E-state index in [0.717, 1.165) is 22.2 Å². The molecule has 1 aromatic heterocycles. The molecule has 145 valence electrons. The van der Waals surface area contributed by atoms with Crippen molar-refractivity contribution in [3.63, 3.8) is 0 Å². The molecule has 3 aromatic rings. The van der Waals surface area contributed by atoms with Gasteiger partial charge in [0.05, 0.1) is 6.04 Å². The second-order valence-electron chi connectivity index (χ2n) is 5.35. The maximum atomic E-state index is 12.6. The fourth-order valence-electron chi connectivity index (χ4n) is 2.56. The summed E-state index contributed by atoms with van der Waals surface area (Å²) in [6, 6.07) is 15.6. The Morgan fingerprint density at radius 1 is 1.00 bits per heavy atom. The van der Waals surface area contributed by atoms with E-state index in [4.69, 9.17) is 0 Å². The summed E-state index contributed by atoms with van der Waals surface area (Å²) in [7, 11) is 0. The monoisotopic (exact) mass is 365 g/mol. The summed E-state index contributed by atoms with van der Waals surface area (Å²) in [6.07, 6.45) is 1.79. The molecule has 0 saturated heterocycles. The van der Waals surface area contributed by atoms with Crippen LogP contribution in [0.3, 0.4) is 0 Å². The summed E-state index contributed by atoms with van der Waals surface area (Å²) in [5.74, 6) is 0.0916. The van der Waals surface area contributed by atoms with Gasteiger partial charge in [0.25, 0.3) is 0 Å². The zero-order valence-electron chi connectivity index (χ0n) is 16.8. The topological polar surface area (TPSA) is 44.9 Å². The summed E-state index contributed by atoms with van der Waals surface area (Å²) < 4.78 is 0. The summed E-state index contributed by atoms with van der Waals surface area (Å²) in [5.41, 5.74) is 3.87. The largest absolute Gasteiger partial charge is 0.375 e. The molecule has 3 radical (unpaired) electrons. The molecule has 1 unspecified atom stereocenters. The molecule has 1 heterocycles. The fourth-order valence-corrected chi connectivity index (χ4v) is 2.56. The molecule has 0 saturated carbocycles. The number of hydrogen-bond acceptors (Lipinski definition) is 2. The highest BCUT2D eigenvalue weighted by Crippen LogP contribution is 2.20. The number of H-pyrrole nitrogens is 1. The number of aromatic nitrogens is 1. The highest BCUT2D eigenvalue weighted by atomic mass is 16.1. The van der Waals surface area contributed by atoms with Crippen LogP contribution in [0.2, 0.25) is 0 Å². The zero-order chi connectivity index (χ0) is 18.8. The number of hydrogen-bond donors (Lipinski definition) is 2. The maximum absolute atomic E-state index is 12.6. The van der Waals surface area contributed by atoms with E-state index in [-0.39, 0.29) is 27.7 Å². The van der Waals surface area contributed by atoms with Crippen molar-refractivity contribution in [2.45, 2.75) is 55.0 Å². The van der Waals surface area contributed by atoms with Crippen LogP contribution in [-0.4, -0.2) is 25.2 Å². The van der Waals surface area contributed by atoms with E-state index in [1.807, 2.05) is 90.1 Å². The van der Waals surface area contributed by atoms with E-state index in [1.54, 1.807) is 6.20 Å². The van der Waals surface area contributed by atoms with Crippen molar-refractivity contribution in [1.82, 2.24) is 4.98 Å². The van der Waals surface area contributed by atoms with Gasteiger partial charge in [0, 0.05) is 36.8 Å². The normalized spacial score (nSPS) is 10.0. The zero-order valence-corrected chi connectivity index (χ0v) is 16.8. The lowest BCUT2D eigenvalue weighted by molar-refractivity contribution is 0.0977. The number of benzene rings is 2. The molecule has 0 amide bonds. The molecule has 0 aliphatic rings. The van der Waals surface area contributed by atoms with Crippen LogP contribution in [0.4, 0.5) is 5.69 Å². The molecule has 0 aliphatic carbocycles. The molecule has 1 atom stereocenters. The first-order valence-corrected chi connectivity index (χ1v) is 9.08. The van der Waals surface area contributed by atoms with Crippen LogP contribution in [0.25, 0.3) is 10.9 Å². The Balaban J connectivity index is 0. The van der Waals surface area contributed by atoms with Gasteiger partial charge in [-0.3, -0.25) is 4.79 Å². The lowest BCUT2D eigenvalue weighted by atomic mass is 10.0. The van der Waals surface area contributed by atoms with Gasteiger partial charge in [-0.15, -0.1) is 0 Å². The second-order valence-corrected chi connectivity index (χ2v) is 5.35. The minimum absolute atomic E-state index is 0. The maximum Gasteiger partial charge on any atom is 0.186 e. The van der Waals surface area contributed by atoms with E-state index < -0.39 is 0 Å². The number of carbonyl (C=O) groups excluding carboxylic acids is 1. The van der Waals surface area contributed by atoms with Crippen molar-refractivity contribution < 1.29 is 4.79 Å². The van der Waals surface area contributed by atoms with Gasteiger partial charge >= 0.3 is 0 Å². The van der Waals surface area contributed by atoms with Crippen LogP contribution in [-0.2, 0) is 0 Å². The predicted octanol–water partition coefficient (Wildman–Crippen LogP) is 6.47. The van der Waals surface area contributed by atoms with Crippen molar-refractivity contribution in [2.75, 3.05) is 5.32 Å². The molecule has 0 aliphatic heterocycles. The van der Waals surface area contributed by atoms with Crippen molar-refractivity contribution in [3.8, 4) is 0 Å². The average molecular weight is 365 g/mol. The second kappa shape index (κ2) is 13.7. The Kier molecular flexibility index (Phi) is 13.6. The Labute approximate surface area is 167 Å². The first-order valence-electron chi connectivity index (χ1n) is 9.08. The molecule has 3 rings (SSSR count). The number of anilines is 1. The molecular weight excluding hydrogens is 331 g/mol. The summed E-state index contributed by atoms with van der Waals surface area (Å²) in [6.45, 7) is 11.9. The first-order chi connectivity index (χ1) is 12.1. The minimum atomic E-state index is -0.272. The van der Waals surface area contributed by atoms with Crippen LogP contribution in [0.5, 0.6) is 0 Å². The standard InChI is InChI=1S/C18H18N2O.2C2H6.CH4.B/c1-12-6-5-7-14(10-12)20-13(2)18(21)16-11-19-17-9-4-3-8-15(16)17;2*1-2;;/h3-11,13,19-20H,1-2H3;2*1-2H3;1H4;. The van der Waals surface area contributed by atoms with Gasteiger partial charge in [-0.25, -0.2) is 0 Å². The number of rotatable bonds is 4. The molecule has 3 nitrogen and oxygen atoms in total. The lowest BCUT2D eigenvalue weighted by Crippen LogP contribution is -2.26. The third-order valence-electron chi connectivity index (χ3n) is 3.65. The van der Waals surface area contributed by atoms with Crippen molar-refractivity contribution in [1.29, 1.82) is 0 Å². The van der Waals surface area contributed by atoms with Gasteiger partial charge < -0.3 is 10.3 Å². The van der Waals surface area contributed by atoms with Crippen molar-refractivity contribution >= 4 is 30.8 Å². The molecule has 0 fully saturated rings. The number of aryl methyl sites for hydroxylation is 1. The summed E-state index contributed by atoms with van der Waals surface area (Å²) in [4.78, 5) is 15.8. The van der Waals surface area contributed by atoms with Gasteiger partial charge in [-0.1, -0.05) is 65.5 Å². The van der Waals surface area contributed by atoms with Gasteiger partial charge in [-0.05, 0) is 37.6 Å². The Morgan fingerprint density at radius 3 is 2.26 bits per heavy atom. The lowest BCUT2D eigenvalue weighted by Gasteiger charge is -2.14. The number of ketones is 1. The highest BCUT2D eigenvalue weighted by Gasteiger charge is 2.18. The Morgan fingerprint density at radius 2 is 1.63 bits per heavy atom. The molecular formula is C23H34BN2O. The van der Waals surface area contributed by atoms with Crippen molar-refractivity contribution in [2.24, 2.45) is 0 Å². The number of fused-ring (bicyclic) bond motifs is 1. The highest BCUT2D eigenvalue weighted by molar-refractivity contribution is 6.11. The predicted molar refractivity (Wildman–Crippen MR) is 122 cm³/mol. The van der Waals surface area contributed by atoms with E-state index in [9.17, 15) is 4.79 Å². The van der Waals surface area contributed by atoms with Crippen LogP contribution >= 0.6 is 0 Å². The molecule has 0 spiro atoms. The quantitative estimate of drug-likeness (QED) is 0.411. The van der Waals surface area contributed by atoms with Crippen LogP contribution in [0.15, 0.2) is 54.7 Å². The fraction of sp³-hybridized carbons (Fsp3) is 0.348. The Hall–Kier alpha value is -2.49. The molecule has 4 heteroatoms. The molecule has 2 N–H and O–H groups in total. The minimum Gasteiger partial charge on any atom is -0.375 e. The van der Waals surface area contributed by atoms with Gasteiger partial charge in [-0.2, -0.15) is 0 Å². The molecule has 2 aromatic carbocycles. The van der Waals surface area contributed by atoms with E-state index >= 15 is 0 Å². The average Bonchev–Trinajstić information content (AvgIpc) is 3.08. The smallest absolute Gasteiger partial charge is 0.186 e. The van der Waals surface area contributed by atoms with E-state index in [1.165, 1.54) is 5.56 Å². The number of para-hydroxylation sites is 1. The van der Waals surface area contributed by atoms with Gasteiger partial charge in [0.2, 0.25) is 0 Å². The molecule has 27 heavy (non-hydrogen) atoms. The molecule has 0 bridgehead atoms. The summed E-state index contributed by atoms with van der Waals surface area (Å²) in [5, 5.41) is 4.24. The van der Waals surface area contributed by atoms with Crippen LogP contribution in [0.1, 0.15) is 58.0 Å². The number of aromatic amines is 1. The van der Waals surface area contributed by atoms with Gasteiger partial charge in [0.15, 0.2) is 5.78 Å². The van der Waals surface area contributed by atoms with Crippen molar-refractivity contribution in [3.05, 3.63) is 65.9 Å². The SMILES string of the molecule is C.CC.CC.Cc1cccc(NC(C)C(=O)c2c[nH]c3ccccc23)c1.[B]. The van der Waals surface area contributed by atoms with Gasteiger partial charge in [0.1, 0.15) is 0 Å². The van der Waals surface area contributed by atoms with Crippen LogP contribution in [0, 0.1) is 6.92 Å². The van der Waals surface area contributed by atoms with E-state index in [0.29, 0.717) is 0 Å². The third-order valence-corrected chi connectivity index (χ3v) is 3.65. The number of carbonyl (C=O) groups is 1. The third kappa shape index (κ3) is 6.97. The van der Waals surface area contributed by atoms with Crippen LogP contribution < -0.4 is 5.32 Å². The Bertz CT molecular complexity index is 796. The summed E-state index contributed by atoms with van der Waals surface area (Å²) >= 11 is 0. The number of nitrogens with one attached hydrogen (secondary N) is 2. The number of Topliss-reactive ketones (excluding diaryl/α,β-unsaturated/α-hetero) is 1. The first kappa shape index (κ1) is 26.7. The van der Waals surface area contributed by atoms with E-state index in [2.05, 4.69) is 10.3 Å².